The highest BCUT2D eigenvalue weighted by molar-refractivity contribution is 5.85. The quantitative estimate of drug-likeness (QED) is 0.839. The van der Waals surface area contributed by atoms with Crippen LogP contribution in [0.15, 0.2) is 0 Å². The number of piperidine rings is 1. The minimum absolute atomic E-state index is 0. The van der Waals surface area contributed by atoms with Crippen molar-refractivity contribution in [2.24, 2.45) is 11.3 Å². The molecule has 0 bridgehead atoms. The number of hydrogen-bond acceptors (Lipinski definition) is 2. The van der Waals surface area contributed by atoms with Gasteiger partial charge >= 0.3 is 0 Å². The molecule has 1 amide bonds. The van der Waals surface area contributed by atoms with E-state index < -0.39 is 0 Å². The number of carbonyl (C=O) groups is 1. The number of likely N-dealkylation sites (tertiary alicyclic amines) is 1. The molecule has 0 aromatic carbocycles. The Bertz CT molecular complexity index is 288. The number of fused-ring (bicyclic) bond motifs is 1. The Kier molecular flexibility index (Phi) is 5.47. The zero-order valence-corrected chi connectivity index (χ0v) is 12.7. The molecule has 18 heavy (non-hydrogen) atoms. The van der Waals surface area contributed by atoms with E-state index in [1.165, 1.54) is 6.42 Å². The first-order valence-electron chi connectivity index (χ1n) is 6.97. The van der Waals surface area contributed by atoms with Crippen LogP contribution in [0, 0.1) is 11.3 Å². The number of nitrogens with zero attached hydrogens (tertiary/aromatic N) is 1. The van der Waals surface area contributed by atoms with Crippen molar-refractivity contribution in [3.63, 3.8) is 0 Å². The summed E-state index contributed by atoms with van der Waals surface area (Å²) in [5, 5.41) is 3.54. The SMILES string of the molecule is CC(C)(C)CCC(=O)N1CCC2NCCC2C1.Cl. The van der Waals surface area contributed by atoms with Crippen molar-refractivity contribution in [3.8, 4) is 0 Å². The lowest BCUT2D eigenvalue weighted by Crippen LogP contribution is -2.46. The summed E-state index contributed by atoms with van der Waals surface area (Å²) < 4.78 is 0. The van der Waals surface area contributed by atoms with Crippen LogP contribution in [0.3, 0.4) is 0 Å². The Morgan fingerprint density at radius 3 is 2.72 bits per heavy atom. The molecule has 0 radical (unpaired) electrons. The van der Waals surface area contributed by atoms with E-state index in [0.29, 0.717) is 24.3 Å². The summed E-state index contributed by atoms with van der Waals surface area (Å²) in [5.41, 5.74) is 0.267. The highest BCUT2D eigenvalue weighted by Gasteiger charge is 2.34. The van der Waals surface area contributed by atoms with E-state index in [1.54, 1.807) is 0 Å². The Balaban J connectivity index is 0.00000162. The summed E-state index contributed by atoms with van der Waals surface area (Å²) in [4.78, 5) is 14.2. The van der Waals surface area contributed by atoms with Gasteiger partial charge in [-0.25, -0.2) is 0 Å². The molecule has 1 N–H and O–H groups in total. The normalized spacial score (nSPS) is 27.6. The molecule has 2 rings (SSSR count). The van der Waals surface area contributed by atoms with E-state index in [-0.39, 0.29) is 17.8 Å². The summed E-state index contributed by atoms with van der Waals surface area (Å²) in [6, 6.07) is 0.682. The predicted octanol–water partition coefficient (Wildman–Crippen LogP) is 2.44. The van der Waals surface area contributed by atoms with Gasteiger partial charge in [0.2, 0.25) is 5.91 Å². The van der Waals surface area contributed by atoms with Crippen molar-refractivity contribution in [3.05, 3.63) is 0 Å². The van der Waals surface area contributed by atoms with E-state index in [4.69, 9.17) is 0 Å². The number of amides is 1. The molecule has 2 saturated heterocycles. The van der Waals surface area contributed by atoms with Crippen LogP contribution in [0.4, 0.5) is 0 Å². The second-order valence-electron chi connectivity index (χ2n) is 6.80. The van der Waals surface area contributed by atoms with Gasteiger partial charge in [-0.1, -0.05) is 20.8 Å². The van der Waals surface area contributed by atoms with Gasteiger partial charge in [-0.15, -0.1) is 12.4 Å². The number of hydrogen-bond donors (Lipinski definition) is 1. The molecular weight excluding hydrogens is 248 g/mol. The zero-order chi connectivity index (χ0) is 12.5. The molecule has 106 valence electrons. The molecule has 2 atom stereocenters. The fourth-order valence-corrected chi connectivity index (χ4v) is 2.91. The monoisotopic (exact) mass is 274 g/mol. The van der Waals surface area contributed by atoms with Crippen LogP contribution in [0.1, 0.15) is 46.5 Å². The molecule has 2 unspecified atom stereocenters. The van der Waals surface area contributed by atoms with Gasteiger partial charge in [0.1, 0.15) is 0 Å². The average Bonchev–Trinajstić information content (AvgIpc) is 2.71. The molecule has 0 saturated carbocycles. The highest BCUT2D eigenvalue weighted by atomic mass is 35.5. The van der Waals surface area contributed by atoms with E-state index in [2.05, 4.69) is 31.0 Å². The zero-order valence-electron chi connectivity index (χ0n) is 11.9. The van der Waals surface area contributed by atoms with Gasteiger partial charge in [-0.3, -0.25) is 4.79 Å². The van der Waals surface area contributed by atoms with Crippen LogP contribution >= 0.6 is 12.4 Å². The third kappa shape index (κ3) is 4.13. The Hall–Kier alpha value is -0.280. The summed E-state index contributed by atoms with van der Waals surface area (Å²) in [7, 11) is 0. The Morgan fingerprint density at radius 2 is 2.06 bits per heavy atom. The maximum absolute atomic E-state index is 12.1. The molecule has 2 aliphatic rings. The van der Waals surface area contributed by atoms with Gasteiger partial charge in [0.15, 0.2) is 0 Å². The van der Waals surface area contributed by atoms with Crippen molar-refractivity contribution >= 4 is 18.3 Å². The average molecular weight is 275 g/mol. The van der Waals surface area contributed by atoms with Gasteiger partial charge in [0, 0.05) is 25.6 Å². The van der Waals surface area contributed by atoms with Crippen molar-refractivity contribution in [1.29, 1.82) is 0 Å². The topological polar surface area (TPSA) is 32.3 Å². The highest BCUT2D eigenvalue weighted by Crippen LogP contribution is 2.26. The molecule has 2 heterocycles. The van der Waals surface area contributed by atoms with Gasteiger partial charge in [-0.05, 0) is 37.1 Å². The molecule has 2 fully saturated rings. The first-order valence-corrected chi connectivity index (χ1v) is 6.97. The van der Waals surface area contributed by atoms with Crippen molar-refractivity contribution < 1.29 is 4.79 Å². The number of carbonyl (C=O) groups excluding carboxylic acids is 1. The lowest BCUT2D eigenvalue weighted by atomic mass is 9.89. The van der Waals surface area contributed by atoms with E-state index in [1.807, 2.05) is 0 Å². The van der Waals surface area contributed by atoms with Crippen LogP contribution in [0.25, 0.3) is 0 Å². The van der Waals surface area contributed by atoms with Gasteiger partial charge in [-0.2, -0.15) is 0 Å². The third-order valence-corrected chi connectivity index (χ3v) is 4.10. The predicted molar refractivity (Wildman–Crippen MR) is 77.0 cm³/mol. The lowest BCUT2D eigenvalue weighted by molar-refractivity contribution is -0.133. The molecule has 3 nitrogen and oxygen atoms in total. The molecule has 2 aliphatic heterocycles. The standard InChI is InChI=1S/C14H26N2O.ClH/c1-14(2,3)7-4-13(17)16-9-6-12-11(10-16)5-8-15-12;/h11-12,15H,4-10H2,1-3H3;1H. The van der Waals surface area contributed by atoms with Gasteiger partial charge < -0.3 is 10.2 Å². The second-order valence-corrected chi connectivity index (χ2v) is 6.80. The molecule has 0 aromatic rings. The van der Waals surface area contributed by atoms with Gasteiger partial charge in [0.05, 0.1) is 0 Å². The molecule has 0 aromatic heterocycles. The smallest absolute Gasteiger partial charge is 0.222 e. The largest absolute Gasteiger partial charge is 0.342 e. The van der Waals surface area contributed by atoms with Gasteiger partial charge in [0.25, 0.3) is 0 Å². The number of halogens is 1. The summed E-state index contributed by atoms with van der Waals surface area (Å²) in [6.07, 6.45) is 4.10. The first-order chi connectivity index (χ1) is 7.96. The molecule has 0 spiro atoms. The molecule has 4 heteroatoms. The van der Waals surface area contributed by atoms with Crippen LogP contribution in [0.2, 0.25) is 0 Å². The fraction of sp³-hybridized carbons (Fsp3) is 0.929. The van der Waals surface area contributed by atoms with Crippen molar-refractivity contribution in [2.45, 2.75) is 52.5 Å². The van der Waals surface area contributed by atoms with E-state index >= 15 is 0 Å². The van der Waals surface area contributed by atoms with Crippen LogP contribution in [-0.4, -0.2) is 36.5 Å². The van der Waals surface area contributed by atoms with Crippen LogP contribution in [-0.2, 0) is 4.79 Å². The minimum atomic E-state index is 0. The summed E-state index contributed by atoms with van der Waals surface area (Å²) >= 11 is 0. The summed E-state index contributed by atoms with van der Waals surface area (Å²) in [5.74, 6) is 1.08. The first kappa shape index (κ1) is 15.8. The number of rotatable bonds is 2. The maximum atomic E-state index is 12.1. The van der Waals surface area contributed by atoms with Crippen LogP contribution < -0.4 is 5.32 Å². The van der Waals surface area contributed by atoms with E-state index in [0.717, 1.165) is 32.5 Å². The Labute approximate surface area is 117 Å². The molecular formula is C14H27ClN2O. The van der Waals surface area contributed by atoms with Crippen molar-refractivity contribution in [2.75, 3.05) is 19.6 Å². The Morgan fingerprint density at radius 1 is 1.33 bits per heavy atom. The van der Waals surface area contributed by atoms with E-state index in [9.17, 15) is 4.79 Å². The lowest BCUT2D eigenvalue weighted by Gasteiger charge is -2.35. The third-order valence-electron chi connectivity index (χ3n) is 4.10. The summed E-state index contributed by atoms with van der Waals surface area (Å²) in [6.45, 7) is 9.69. The minimum Gasteiger partial charge on any atom is -0.342 e. The molecule has 0 aliphatic carbocycles. The fourth-order valence-electron chi connectivity index (χ4n) is 2.91. The number of nitrogens with one attached hydrogen (secondary N) is 1. The second kappa shape index (κ2) is 6.25. The maximum Gasteiger partial charge on any atom is 0.222 e. The van der Waals surface area contributed by atoms with Crippen LogP contribution in [0.5, 0.6) is 0 Å². The van der Waals surface area contributed by atoms with Crippen molar-refractivity contribution in [1.82, 2.24) is 10.2 Å².